The Morgan fingerprint density at radius 1 is 1.14 bits per heavy atom. The number of allylic oxidation sites excluding steroid dienone is 7. The number of hydrogen-bond acceptors (Lipinski definition) is 1. The standard InChI is InChI=1S/C20H31NO/c1-7-10-11-13-21-20(22)19(9-3)15-18(6)17(5)14-16(4)12-8-2/h8-9,12,14-15H,5,7,10-11,13H2,1-4,6H3,(H,21,22)/b12-8-,16-14-,18-15+,19-9+. The molecule has 0 spiro atoms. The molecular formula is C20H31NO. The van der Waals surface area contributed by atoms with E-state index in [0.29, 0.717) is 5.57 Å². The molecule has 1 amide bonds. The quantitative estimate of drug-likeness (QED) is 0.351. The first-order chi connectivity index (χ1) is 10.5. The van der Waals surface area contributed by atoms with E-state index in [1.54, 1.807) is 0 Å². The van der Waals surface area contributed by atoms with Crippen molar-refractivity contribution in [3.8, 4) is 0 Å². The van der Waals surface area contributed by atoms with Crippen molar-refractivity contribution in [2.45, 2.75) is 53.9 Å². The van der Waals surface area contributed by atoms with E-state index in [0.717, 1.165) is 42.5 Å². The van der Waals surface area contributed by atoms with Crippen LogP contribution >= 0.6 is 0 Å². The molecule has 2 nitrogen and oxygen atoms in total. The summed E-state index contributed by atoms with van der Waals surface area (Å²) >= 11 is 0. The highest BCUT2D eigenvalue weighted by Gasteiger charge is 2.06. The molecule has 0 bridgehead atoms. The number of nitrogens with one attached hydrogen (secondary N) is 1. The molecule has 0 saturated heterocycles. The minimum atomic E-state index is -0.0140. The third-order valence-corrected chi connectivity index (χ3v) is 3.35. The van der Waals surface area contributed by atoms with Crippen LogP contribution in [0.3, 0.4) is 0 Å². The smallest absolute Gasteiger partial charge is 0.250 e. The first-order valence-corrected chi connectivity index (χ1v) is 8.09. The van der Waals surface area contributed by atoms with Gasteiger partial charge in [0.05, 0.1) is 0 Å². The Morgan fingerprint density at radius 3 is 2.36 bits per heavy atom. The van der Waals surface area contributed by atoms with Crippen LogP contribution in [0.5, 0.6) is 0 Å². The van der Waals surface area contributed by atoms with Gasteiger partial charge in [-0.3, -0.25) is 4.79 Å². The third kappa shape index (κ3) is 8.46. The zero-order valence-corrected chi connectivity index (χ0v) is 14.8. The zero-order valence-electron chi connectivity index (χ0n) is 14.8. The van der Waals surface area contributed by atoms with Gasteiger partial charge in [-0.1, -0.05) is 56.2 Å². The second-order valence-corrected chi connectivity index (χ2v) is 5.45. The second kappa shape index (κ2) is 11.8. The molecule has 0 fully saturated rings. The van der Waals surface area contributed by atoms with E-state index in [2.05, 4.69) is 18.8 Å². The van der Waals surface area contributed by atoms with Gasteiger partial charge in [0.15, 0.2) is 0 Å². The van der Waals surface area contributed by atoms with E-state index in [1.165, 1.54) is 0 Å². The highest BCUT2D eigenvalue weighted by molar-refractivity contribution is 5.96. The van der Waals surface area contributed by atoms with Gasteiger partial charge in [-0.05, 0) is 51.3 Å². The van der Waals surface area contributed by atoms with Crippen LogP contribution < -0.4 is 5.32 Å². The summed E-state index contributed by atoms with van der Waals surface area (Å²) in [4.78, 5) is 12.1. The molecule has 0 unspecified atom stereocenters. The Hall–Kier alpha value is -1.83. The minimum Gasteiger partial charge on any atom is -0.352 e. The maximum absolute atomic E-state index is 12.1. The number of hydrogen-bond donors (Lipinski definition) is 1. The maximum atomic E-state index is 12.1. The minimum absolute atomic E-state index is 0.0140. The first kappa shape index (κ1) is 20.2. The average Bonchev–Trinajstić information content (AvgIpc) is 2.48. The predicted molar refractivity (Wildman–Crippen MR) is 97.8 cm³/mol. The Labute approximate surface area is 136 Å². The van der Waals surface area contributed by atoms with E-state index in [9.17, 15) is 4.79 Å². The fraction of sp³-hybridized carbons (Fsp3) is 0.450. The molecule has 122 valence electrons. The Morgan fingerprint density at radius 2 is 1.82 bits per heavy atom. The predicted octanol–water partition coefficient (Wildman–Crippen LogP) is 5.26. The highest BCUT2D eigenvalue weighted by atomic mass is 16.1. The Kier molecular flexibility index (Phi) is 10.8. The highest BCUT2D eigenvalue weighted by Crippen LogP contribution is 2.14. The zero-order chi connectivity index (χ0) is 17.0. The lowest BCUT2D eigenvalue weighted by Gasteiger charge is -2.07. The molecule has 22 heavy (non-hydrogen) atoms. The van der Waals surface area contributed by atoms with E-state index in [1.807, 2.05) is 58.1 Å². The number of carbonyl (C=O) groups is 1. The summed E-state index contributed by atoms with van der Waals surface area (Å²) in [6.45, 7) is 14.9. The fourth-order valence-corrected chi connectivity index (χ4v) is 1.98. The van der Waals surface area contributed by atoms with E-state index in [4.69, 9.17) is 0 Å². The molecular weight excluding hydrogens is 270 g/mol. The fourth-order valence-electron chi connectivity index (χ4n) is 1.98. The molecule has 2 heteroatoms. The van der Waals surface area contributed by atoms with Crippen LogP contribution in [0.2, 0.25) is 0 Å². The first-order valence-electron chi connectivity index (χ1n) is 8.09. The summed E-state index contributed by atoms with van der Waals surface area (Å²) in [7, 11) is 0. The van der Waals surface area contributed by atoms with E-state index in [-0.39, 0.29) is 5.91 Å². The molecule has 0 heterocycles. The molecule has 0 aliphatic rings. The summed E-state index contributed by atoms with van der Waals surface area (Å²) < 4.78 is 0. The number of unbranched alkanes of at least 4 members (excludes halogenated alkanes) is 2. The van der Waals surface area contributed by atoms with Crippen LogP contribution in [0.15, 0.2) is 59.3 Å². The van der Waals surface area contributed by atoms with Gasteiger partial charge in [0.25, 0.3) is 5.91 Å². The van der Waals surface area contributed by atoms with Crippen molar-refractivity contribution >= 4 is 5.91 Å². The van der Waals surface area contributed by atoms with Gasteiger partial charge in [-0.15, -0.1) is 0 Å². The average molecular weight is 301 g/mol. The van der Waals surface area contributed by atoms with Gasteiger partial charge in [0, 0.05) is 12.1 Å². The van der Waals surface area contributed by atoms with Crippen LogP contribution in [0.4, 0.5) is 0 Å². The van der Waals surface area contributed by atoms with E-state index < -0.39 is 0 Å². The van der Waals surface area contributed by atoms with Crippen molar-refractivity contribution in [3.05, 3.63) is 59.3 Å². The Bertz CT molecular complexity index is 490. The molecule has 0 saturated carbocycles. The SMILES string of the molecule is C=C(/C=C(C)\C=C/C)/C(C)=C/C(=C\C)C(=O)NCCCCC. The normalized spacial score (nSPS) is 13.6. The van der Waals surface area contributed by atoms with Gasteiger partial charge in [-0.25, -0.2) is 0 Å². The van der Waals surface area contributed by atoms with Gasteiger partial charge < -0.3 is 5.32 Å². The molecule has 0 radical (unpaired) electrons. The van der Waals surface area contributed by atoms with Crippen molar-refractivity contribution in [2.24, 2.45) is 0 Å². The molecule has 0 aromatic carbocycles. The molecule has 1 N–H and O–H groups in total. The van der Waals surface area contributed by atoms with Crippen molar-refractivity contribution in [1.29, 1.82) is 0 Å². The summed E-state index contributed by atoms with van der Waals surface area (Å²) in [5.74, 6) is -0.0140. The van der Waals surface area contributed by atoms with Gasteiger partial charge in [-0.2, -0.15) is 0 Å². The summed E-state index contributed by atoms with van der Waals surface area (Å²) in [6, 6.07) is 0. The monoisotopic (exact) mass is 301 g/mol. The third-order valence-electron chi connectivity index (χ3n) is 3.35. The van der Waals surface area contributed by atoms with Gasteiger partial charge in [0.1, 0.15) is 0 Å². The summed E-state index contributed by atoms with van der Waals surface area (Å²) in [6.07, 6.45) is 13.1. The number of carbonyl (C=O) groups excluding carboxylic acids is 1. The lowest BCUT2D eigenvalue weighted by molar-refractivity contribution is -0.117. The summed E-state index contributed by atoms with van der Waals surface area (Å²) in [5, 5.41) is 2.97. The number of amides is 1. The molecule has 0 rings (SSSR count). The summed E-state index contributed by atoms with van der Waals surface area (Å²) in [5.41, 5.74) is 3.76. The molecule has 0 aliphatic carbocycles. The van der Waals surface area contributed by atoms with Crippen LogP contribution in [0.1, 0.15) is 53.9 Å². The van der Waals surface area contributed by atoms with E-state index >= 15 is 0 Å². The topological polar surface area (TPSA) is 29.1 Å². The molecule has 0 aromatic rings. The molecule has 0 aromatic heterocycles. The van der Waals surface area contributed by atoms with Crippen LogP contribution in [-0.4, -0.2) is 12.5 Å². The lowest BCUT2D eigenvalue weighted by atomic mass is 10.0. The van der Waals surface area contributed by atoms with Gasteiger partial charge in [0.2, 0.25) is 0 Å². The lowest BCUT2D eigenvalue weighted by Crippen LogP contribution is -2.25. The second-order valence-electron chi connectivity index (χ2n) is 5.45. The Balaban J connectivity index is 4.79. The van der Waals surface area contributed by atoms with Gasteiger partial charge >= 0.3 is 0 Å². The van der Waals surface area contributed by atoms with Crippen molar-refractivity contribution < 1.29 is 4.79 Å². The molecule has 0 atom stereocenters. The largest absolute Gasteiger partial charge is 0.352 e. The van der Waals surface area contributed by atoms with Crippen molar-refractivity contribution in [3.63, 3.8) is 0 Å². The molecule has 0 aliphatic heterocycles. The maximum Gasteiger partial charge on any atom is 0.250 e. The van der Waals surface area contributed by atoms with Crippen LogP contribution in [0, 0.1) is 0 Å². The van der Waals surface area contributed by atoms with Crippen LogP contribution in [0.25, 0.3) is 0 Å². The number of rotatable bonds is 9. The van der Waals surface area contributed by atoms with Crippen molar-refractivity contribution in [2.75, 3.05) is 6.54 Å². The van der Waals surface area contributed by atoms with Crippen molar-refractivity contribution in [1.82, 2.24) is 5.32 Å². The van der Waals surface area contributed by atoms with Crippen LogP contribution in [-0.2, 0) is 4.79 Å².